The summed E-state index contributed by atoms with van der Waals surface area (Å²) in [5, 5.41) is 17.6. The van der Waals surface area contributed by atoms with E-state index in [1.807, 2.05) is 11.0 Å². The third-order valence-electron chi connectivity index (χ3n) is 8.17. The quantitative estimate of drug-likeness (QED) is 0.167. The van der Waals surface area contributed by atoms with Gasteiger partial charge in [-0.05, 0) is 61.4 Å². The van der Waals surface area contributed by atoms with Crippen LogP contribution in [0.3, 0.4) is 0 Å². The molecule has 2 aliphatic rings. The number of hydrogen-bond donors (Lipinski definition) is 3. The number of benzene rings is 2. The Morgan fingerprint density at radius 1 is 1.11 bits per heavy atom. The fraction of sp³-hybridized carbons (Fsp3) is 0.500. The van der Waals surface area contributed by atoms with E-state index in [-0.39, 0.29) is 77.0 Å². The number of carboxylic acids is 1. The zero-order chi connectivity index (χ0) is 32.0. The molecule has 45 heavy (non-hydrogen) atoms. The highest BCUT2D eigenvalue weighted by atomic mass is 79.9. The van der Waals surface area contributed by atoms with Gasteiger partial charge in [-0.25, -0.2) is 4.39 Å². The number of carboxylic acid groups (broad SMARTS) is 1. The van der Waals surface area contributed by atoms with Gasteiger partial charge in [0.1, 0.15) is 11.6 Å². The second kappa shape index (κ2) is 15.9. The number of nitrogens with one attached hydrogen (secondary N) is 1. The number of nitrogens with zero attached hydrogens (tertiary/aromatic N) is 2. The van der Waals surface area contributed by atoms with Crippen LogP contribution < -0.4 is 24.8 Å². The molecule has 11 nitrogen and oxygen atoms in total. The number of Topliss-reactive ketones (excluding diaryl/α,β-unsaturated/α-hetero) is 1. The number of halogens is 2. The Kier molecular flexibility index (Phi) is 12.6. The molecule has 0 aliphatic carbocycles. The summed E-state index contributed by atoms with van der Waals surface area (Å²) in [5.41, 5.74) is 8.17. The van der Waals surface area contributed by atoms with Crippen LogP contribution in [-0.4, -0.2) is 74.0 Å². The van der Waals surface area contributed by atoms with E-state index in [0.29, 0.717) is 67.9 Å². The number of hydrogen-bond acceptors (Lipinski definition) is 8. The molecule has 246 valence electrons. The summed E-state index contributed by atoms with van der Waals surface area (Å²) in [4.78, 5) is 40.2. The average molecular weight is 694 g/mol. The largest absolute Gasteiger partial charge is 0.493 e. The number of nitrogens with two attached hydrogens (primary N) is 1. The number of amidine groups is 1. The van der Waals surface area contributed by atoms with E-state index in [1.54, 1.807) is 12.1 Å². The van der Waals surface area contributed by atoms with Crippen LogP contribution in [0.25, 0.3) is 0 Å². The fourth-order valence-corrected chi connectivity index (χ4v) is 5.78. The zero-order valence-corrected chi connectivity index (χ0v) is 27.7. The number of amides is 1. The first-order valence-corrected chi connectivity index (χ1v) is 15.0. The summed E-state index contributed by atoms with van der Waals surface area (Å²) in [6, 6.07) is 5.20. The number of primary amides is 1. The lowest BCUT2D eigenvalue weighted by atomic mass is 9.99. The summed E-state index contributed by atoms with van der Waals surface area (Å²) in [6.45, 7) is 3.34. The number of ether oxygens (including phenoxy) is 3. The number of unbranched alkanes of at least 4 members (excludes halogenated alkanes) is 2. The Morgan fingerprint density at radius 2 is 1.87 bits per heavy atom. The summed E-state index contributed by atoms with van der Waals surface area (Å²) >= 11 is 0. The second-order valence-corrected chi connectivity index (χ2v) is 11.2. The van der Waals surface area contributed by atoms with E-state index in [2.05, 4.69) is 6.92 Å². The van der Waals surface area contributed by atoms with E-state index in [1.165, 1.54) is 19.1 Å². The predicted octanol–water partition coefficient (Wildman–Crippen LogP) is 4.73. The van der Waals surface area contributed by atoms with Crippen molar-refractivity contribution in [3.05, 3.63) is 46.3 Å². The lowest BCUT2D eigenvalue weighted by molar-refractivity contribution is -0.137. The molecule has 1 unspecified atom stereocenters. The van der Waals surface area contributed by atoms with Gasteiger partial charge < -0.3 is 34.9 Å². The predicted molar refractivity (Wildman–Crippen MR) is 173 cm³/mol. The van der Waals surface area contributed by atoms with Gasteiger partial charge in [0, 0.05) is 31.6 Å². The molecular formula is C32H42BrFN4O7. The van der Waals surface area contributed by atoms with Crippen molar-refractivity contribution >= 4 is 46.2 Å². The molecule has 2 aliphatic heterocycles. The van der Waals surface area contributed by atoms with Crippen LogP contribution in [0.2, 0.25) is 0 Å². The van der Waals surface area contributed by atoms with E-state index in [9.17, 15) is 14.4 Å². The third kappa shape index (κ3) is 8.05. The van der Waals surface area contributed by atoms with E-state index in [4.69, 9.17) is 30.5 Å². The van der Waals surface area contributed by atoms with Crippen molar-refractivity contribution in [3.8, 4) is 17.2 Å². The van der Waals surface area contributed by atoms with Crippen molar-refractivity contribution in [2.75, 3.05) is 45.4 Å². The molecule has 1 fully saturated rings. The van der Waals surface area contributed by atoms with E-state index >= 15 is 4.39 Å². The van der Waals surface area contributed by atoms with Crippen molar-refractivity contribution in [2.45, 2.75) is 58.4 Å². The minimum atomic E-state index is -0.859. The van der Waals surface area contributed by atoms with Gasteiger partial charge in [-0.15, -0.1) is 17.0 Å². The monoisotopic (exact) mass is 692 g/mol. The van der Waals surface area contributed by atoms with Gasteiger partial charge in [-0.2, -0.15) is 0 Å². The van der Waals surface area contributed by atoms with Crippen LogP contribution in [0.1, 0.15) is 72.5 Å². The van der Waals surface area contributed by atoms with Gasteiger partial charge in [-0.1, -0.05) is 13.3 Å². The number of carbonyl (C=O) groups excluding carboxylic acids is 2. The molecule has 2 aromatic carbocycles. The molecular weight excluding hydrogens is 651 g/mol. The molecule has 2 heterocycles. The molecule has 1 atom stereocenters. The Hall–Kier alpha value is -3.87. The number of methoxy groups -OCH3 is 2. The SMILES string of the molecule is Br.CCCCc1cc(C(=O)CN2Cc3cc(OC)c(OC)c(F)c3C2=N)cc(N2CCC(C(N)=O)C2)c1OCCCCC(=O)O. The van der Waals surface area contributed by atoms with Crippen LogP contribution in [0.15, 0.2) is 18.2 Å². The third-order valence-corrected chi connectivity index (χ3v) is 8.17. The molecule has 4 N–H and O–H groups in total. The van der Waals surface area contributed by atoms with Gasteiger partial charge in [0.15, 0.2) is 23.1 Å². The Labute approximate surface area is 273 Å². The van der Waals surface area contributed by atoms with Gasteiger partial charge in [0.25, 0.3) is 0 Å². The van der Waals surface area contributed by atoms with E-state index in [0.717, 1.165) is 18.4 Å². The molecule has 2 aromatic rings. The number of aliphatic carboxylic acids is 1. The van der Waals surface area contributed by atoms with Crippen molar-refractivity contribution in [1.82, 2.24) is 4.90 Å². The van der Waals surface area contributed by atoms with Gasteiger partial charge in [0.2, 0.25) is 5.91 Å². The highest BCUT2D eigenvalue weighted by Gasteiger charge is 2.34. The molecule has 0 bridgehead atoms. The van der Waals surface area contributed by atoms with Crippen molar-refractivity contribution < 1.29 is 38.1 Å². The highest BCUT2D eigenvalue weighted by molar-refractivity contribution is 8.93. The molecule has 13 heteroatoms. The first-order chi connectivity index (χ1) is 21.1. The number of fused-ring (bicyclic) bond motifs is 1. The first kappa shape index (κ1) is 35.6. The van der Waals surface area contributed by atoms with E-state index < -0.39 is 11.8 Å². The van der Waals surface area contributed by atoms with Crippen LogP contribution in [0.5, 0.6) is 17.2 Å². The van der Waals surface area contributed by atoms with Crippen molar-refractivity contribution in [1.29, 1.82) is 5.41 Å². The lowest BCUT2D eigenvalue weighted by Crippen LogP contribution is -2.31. The molecule has 0 spiro atoms. The maximum Gasteiger partial charge on any atom is 0.303 e. The van der Waals surface area contributed by atoms with Crippen molar-refractivity contribution in [2.24, 2.45) is 11.7 Å². The Bertz CT molecular complexity index is 1440. The minimum Gasteiger partial charge on any atom is -0.493 e. The lowest BCUT2D eigenvalue weighted by Gasteiger charge is -2.26. The zero-order valence-electron chi connectivity index (χ0n) is 25.9. The average Bonchev–Trinajstić information content (AvgIpc) is 3.61. The standard InChI is InChI=1S/C32H41FN4O7.BrH/c1-4-5-8-19-13-21(24(38)18-37-17-22-15-25(42-2)30(43-3)28(33)27(22)31(37)34)14-23(36-11-10-20(16-36)32(35)41)29(19)44-12-7-6-9-26(39)40;/h13-15,20,34H,4-12,16-18H2,1-3H3,(H2,35,41)(H,39,40);1H. The number of ketones is 1. The molecule has 0 radical (unpaired) electrons. The van der Waals surface area contributed by atoms with Crippen LogP contribution >= 0.6 is 17.0 Å². The molecule has 4 rings (SSSR count). The second-order valence-electron chi connectivity index (χ2n) is 11.2. The van der Waals surface area contributed by atoms with Crippen molar-refractivity contribution in [3.63, 3.8) is 0 Å². The normalized spacial score (nSPS) is 15.5. The number of anilines is 1. The first-order valence-electron chi connectivity index (χ1n) is 15.0. The van der Waals surface area contributed by atoms with Gasteiger partial charge in [-0.3, -0.25) is 19.8 Å². The van der Waals surface area contributed by atoms with Crippen LogP contribution in [0.4, 0.5) is 10.1 Å². The minimum absolute atomic E-state index is 0. The van der Waals surface area contributed by atoms with Gasteiger partial charge in [0.05, 0.1) is 44.5 Å². The smallest absolute Gasteiger partial charge is 0.303 e. The number of aryl methyl sites for hydroxylation is 1. The summed E-state index contributed by atoms with van der Waals surface area (Å²) < 4.78 is 32.0. The topological polar surface area (TPSA) is 155 Å². The molecule has 0 aromatic heterocycles. The Morgan fingerprint density at radius 3 is 2.49 bits per heavy atom. The summed E-state index contributed by atoms with van der Waals surface area (Å²) in [7, 11) is 2.74. The molecule has 1 amide bonds. The van der Waals surface area contributed by atoms with Crippen LogP contribution in [0, 0.1) is 17.1 Å². The van der Waals surface area contributed by atoms with Crippen LogP contribution in [-0.2, 0) is 22.6 Å². The Balaban J connectivity index is 0.00000552. The van der Waals surface area contributed by atoms with Gasteiger partial charge >= 0.3 is 5.97 Å². The maximum atomic E-state index is 15.3. The maximum absolute atomic E-state index is 15.3. The summed E-state index contributed by atoms with van der Waals surface area (Å²) in [6.07, 6.45) is 4.08. The number of carbonyl (C=O) groups is 3. The molecule has 0 saturated carbocycles. The number of rotatable bonds is 16. The molecule has 1 saturated heterocycles. The summed E-state index contributed by atoms with van der Waals surface area (Å²) in [5.74, 6) is -1.88. The highest BCUT2D eigenvalue weighted by Crippen LogP contribution is 2.40. The fourth-order valence-electron chi connectivity index (χ4n) is 5.78.